The standard InChI is InChI=1S/C25H18/c1-17-10-13-24-22(14-17)16-20-8-4-5-9-23(20)25(24)21-12-11-18-6-2-3-7-19(18)15-21/h2-16H,1H3. The Morgan fingerprint density at radius 3 is 2.08 bits per heavy atom. The molecule has 0 aromatic heterocycles. The zero-order valence-corrected chi connectivity index (χ0v) is 14.2. The molecule has 5 rings (SSSR count). The highest BCUT2D eigenvalue weighted by molar-refractivity contribution is 6.13. The lowest BCUT2D eigenvalue weighted by atomic mass is 9.90. The Kier molecular flexibility index (Phi) is 3.11. The molecule has 0 bridgehead atoms. The summed E-state index contributed by atoms with van der Waals surface area (Å²) in [6.07, 6.45) is 0. The van der Waals surface area contributed by atoms with Crippen LogP contribution in [0.2, 0.25) is 0 Å². The minimum atomic E-state index is 1.28. The molecule has 0 saturated heterocycles. The van der Waals surface area contributed by atoms with Gasteiger partial charge in [0, 0.05) is 0 Å². The predicted molar refractivity (Wildman–Crippen MR) is 109 cm³/mol. The number of aryl methyl sites for hydroxylation is 1. The Morgan fingerprint density at radius 1 is 0.480 bits per heavy atom. The summed E-state index contributed by atoms with van der Waals surface area (Å²) in [5.74, 6) is 0. The van der Waals surface area contributed by atoms with E-state index in [1.165, 1.54) is 49.0 Å². The zero-order valence-electron chi connectivity index (χ0n) is 14.2. The van der Waals surface area contributed by atoms with Gasteiger partial charge < -0.3 is 0 Å². The van der Waals surface area contributed by atoms with Gasteiger partial charge in [-0.2, -0.15) is 0 Å². The van der Waals surface area contributed by atoms with Gasteiger partial charge in [0.05, 0.1) is 0 Å². The van der Waals surface area contributed by atoms with E-state index < -0.39 is 0 Å². The summed E-state index contributed by atoms with van der Waals surface area (Å²) < 4.78 is 0. The molecule has 0 nitrogen and oxygen atoms in total. The minimum Gasteiger partial charge on any atom is -0.0616 e. The number of fused-ring (bicyclic) bond motifs is 3. The highest BCUT2D eigenvalue weighted by Gasteiger charge is 2.10. The van der Waals surface area contributed by atoms with E-state index in [0.717, 1.165) is 0 Å². The van der Waals surface area contributed by atoms with Crippen LogP contribution in [0.15, 0.2) is 91.0 Å². The van der Waals surface area contributed by atoms with Gasteiger partial charge in [0.2, 0.25) is 0 Å². The predicted octanol–water partition coefficient (Wildman–Crippen LogP) is 7.12. The normalized spacial score (nSPS) is 11.4. The van der Waals surface area contributed by atoms with Gasteiger partial charge >= 0.3 is 0 Å². The van der Waals surface area contributed by atoms with Crippen LogP contribution in [0.25, 0.3) is 43.4 Å². The molecule has 0 amide bonds. The van der Waals surface area contributed by atoms with E-state index in [9.17, 15) is 0 Å². The van der Waals surface area contributed by atoms with Crippen LogP contribution in [-0.4, -0.2) is 0 Å². The summed E-state index contributed by atoms with van der Waals surface area (Å²) in [4.78, 5) is 0. The Bertz CT molecular complexity index is 1250. The molecule has 0 heterocycles. The second kappa shape index (κ2) is 5.46. The SMILES string of the molecule is Cc1ccc2c(-c3ccc4ccccc4c3)c3ccccc3cc2c1. The third kappa shape index (κ3) is 2.30. The molecular formula is C25H18. The van der Waals surface area contributed by atoms with Crippen molar-refractivity contribution < 1.29 is 0 Å². The molecule has 0 saturated carbocycles. The molecule has 0 radical (unpaired) electrons. The second-order valence-corrected chi connectivity index (χ2v) is 6.76. The summed E-state index contributed by atoms with van der Waals surface area (Å²) in [5.41, 5.74) is 3.91. The third-order valence-corrected chi connectivity index (χ3v) is 5.06. The van der Waals surface area contributed by atoms with Gasteiger partial charge in [-0.05, 0) is 62.5 Å². The molecule has 0 N–H and O–H groups in total. The first-order valence-corrected chi connectivity index (χ1v) is 8.71. The fourth-order valence-corrected chi connectivity index (χ4v) is 3.85. The lowest BCUT2D eigenvalue weighted by Crippen LogP contribution is -1.87. The first-order chi connectivity index (χ1) is 12.3. The maximum absolute atomic E-state index is 2.32. The molecular weight excluding hydrogens is 300 g/mol. The Labute approximate surface area is 147 Å². The number of benzene rings is 5. The maximum Gasteiger partial charge on any atom is -0.00266 e. The molecule has 25 heavy (non-hydrogen) atoms. The average molecular weight is 318 g/mol. The van der Waals surface area contributed by atoms with Crippen molar-refractivity contribution in [3.8, 4) is 11.1 Å². The molecule has 5 aromatic rings. The van der Waals surface area contributed by atoms with Gasteiger partial charge in [0.15, 0.2) is 0 Å². The Hall–Kier alpha value is -3.12. The summed E-state index contributed by atoms with van der Waals surface area (Å²) >= 11 is 0. The smallest absolute Gasteiger partial charge is 0.00266 e. The van der Waals surface area contributed by atoms with Crippen LogP contribution in [0.4, 0.5) is 0 Å². The molecule has 0 spiro atoms. The third-order valence-electron chi connectivity index (χ3n) is 5.06. The van der Waals surface area contributed by atoms with Crippen LogP contribution in [0, 0.1) is 6.92 Å². The molecule has 118 valence electrons. The van der Waals surface area contributed by atoms with Crippen molar-refractivity contribution in [2.45, 2.75) is 6.92 Å². The van der Waals surface area contributed by atoms with Crippen molar-refractivity contribution in [3.05, 3.63) is 96.6 Å². The van der Waals surface area contributed by atoms with Crippen molar-refractivity contribution in [1.29, 1.82) is 0 Å². The van der Waals surface area contributed by atoms with Crippen LogP contribution >= 0.6 is 0 Å². The zero-order chi connectivity index (χ0) is 16.8. The van der Waals surface area contributed by atoms with Gasteiger partial charge in [0.1, 0.15) is 0 Å². The van der Waals surface area contributed by atoms with Gasteiger partial charge in [-0.15, -0.1) is 0 Å². The van der Waals surface area contributed by atoms with Crippen LogP contribution in [-0.2, 0) is 0 Å². The summed E-state index contributed by atoms with van der Waals surface area (Å²) in [5, 5.41) is 7.80. The van der Waals surface area contributed by atoms with E-state index >= 15 is 0 Å². The van der Waals surface area contributed by atoms with E-state index in [0.29, 0.717) is 0 Å². The molecule has 0 atom stereocenters. The van der Waals surface area contributed by atoms with Gasteiger partial charge in [0.25, 0.3) is 0 Å². The van der Waals surface area contributed by atoms with Crippen LogP contribution < -0.4 is 0 Å². The van der Waals surface area contributed by atoms with Gasteiger partial charge in [-0.25, -0.2) is 0 Å². The highest BCUT2D eigenvalue weighted by atomic mass is 14.1. The fraction of sp³-hybridized carbons (Fsp3) is 0.0400. The van der Waals surface area contributed by atoms with Crippen molar-refractivity contribution in [1.82, 2.24) is 0 Å². The number of rotatable bonds is 1. The van der Waals surface area contributed by atoms with Crippen molar-refractivity contribution >= 4 is 32.3 Å². The van der Waals surface area contributed by atoms with Crippen molar-refractivity contribution in [2.75, 3.05) is 0 Å². The van der Waals surface area contributed by atoms with Crippen molar-refractivity contribution in [3.63, 3.8) is 0 Å². The molecule has 0 aliphatic rings. The molecule has 0 heteroatoms. The summed E-state index contributed by atoms with van der Waals surface area (Å²) in [7, 11) is 0. The molecule has 0 fully saturated rings. The number of hydrogen-bond acceptors (Lipinski definition) is 0. The maximum atomic E-state index is 2.32. The van der Waals surface area contributed by atoms with Gasteiger partial charge in [-0.3, -0.25) is 0 Å². The van der Waals surface area contributed by atoms with Crippen LogP contribution in [0.5, 0.6) is 0 Å². The quantitative estimate of drug-likeness (QED) is 0.289. The Morgan fingerprint density at radius 2 is 1.20 bits per heavy atom. The van der Waals surface area contributed by atoms with E-state index in [4.69, 9.17) is 0 Å². The number of hydrogen-bond donors (Lipinski definition) is 0. The first kappa shape index (κ1) is 14.2. The lowest BCUT2D eigenvalue weighted by molar-refractivity contribution is 1.51. The molecule has 5 aromatic carbocycles. The first-order valence-electron chi connectivity index (χ1n) is 8.71. The average Bonchev–Trinajstić information content (AvgIpc) is 2.65. The van der Waals surface area contributed by atoms with E-state index in [2.05, 4.69) is 97.9 Å². The van der Waals surface area contributed by atoms with E-state index in [1.807, 2.05) is 0 Å². The summed E-state index contributed by atoms with van der Waals surface area (Å²) in [6.45, 7) is 2.16. The van der Waals surface area contributed by atoms with Gasteiger partial charge in [-0.1, -0.05) is 84.4 Å². The summed E-state index contributed by atoms with van der Waals surface area (Å²) in [6, 6.07) is 33.1. The second-order valence-electron chi connectivity index (χ2n) is 6.76. The lowest BCUT2D eigenvalue weighted by Gasteiger charge is -2.13. The van der Waals surface area contributed by atoms with E-state index in [-0.39, 0.29) is 0 Å². The minimum absolute atomic E-state index is 1.28. The molecule has 0 unspecified atom stereocenters. The van der Waals surface area contributed by atoms with Crippen LogP contribution in [0.1, 0.15) is 5.56 Å². The molecule has 0 aliphatic heterocycles. The topological polar surface area (TPSA) is 0 Å². The van der Waals surface area contributed by atoms with Crippen LogP contribution in [0.3, 0.4) is 0 Å². The monoisotopic (exact) mass is 318 g/mol. The largest absolute Gasteiger partial charge is 0.0616 e. The Balaban J connectivity index is 1.94. The van der Waals surface area contributed by atoms with Crippen molar-refractivity contribution in [2.24, 2.45) is 0 Å². The molecule has 0 aliphatic carbocycles. The fourth-order valence-electron chi connectivity index (χ4n) is 3.85. The van der Waals surface area contributed by atoms with E-state index in [1.54, 1.807) is 0 Å². The highest BCUT2D eigenvalue weighted by Crippen LogP contribution is 2.37.